The first-order chi connectivity index (χ1) is 17.7. The van der Waals surface area contributed by atoms with Gasteiger partial charge in [0.05, 0.1) is 13.0 Å². The zero-order valence-corrected chi connectivity index (χ0v) is 21.0. The van der Waals surface area contributed by atoms with E-state index in [4.69, 9.17) is 18.9 Å². The summed E-state index contributed by atoms with van der Waals surface area (Å²) in [6, 6.07) is 16.2. The van der Waals surface area contributed by atoms with Crippen LogP contribution in [0.15, 0.2) is 66.9 Å². The number of Topliss-reactive ketones (excluding diaryl/α,β-unsaturated/α-hetero) is 1. The molecule has 0 N–H and O–H groups in total. The Morgan fingerprint density at radius 3 is 2.38 bits per heavy atom. The molecule has 1 heterocycles. The predicted octanol–water partition coefficient (Wildman–Crippen LogP) is 5.12. The average Bonchev–Trinajstić information content (AvgIpc) is 2.87. The molecule has 8 nitrogen and oxygen atoms in total. The van der Waals surface area contributed by atoms with E-state index in [1.54, 1.807) is 19.9 Å². The summed E-state index contributed by atoms with van der Waals surface area (Å²) in [4.78, 5) is 41.4. The van der Waals surface area contributed by atoms with Crippen LogP contribution in [0.5, 0.6) is 17.2 Å². The molecule has 9 heteroatoms. The van der Waals surface area contributed by atoms with Crippen LogP contribution in [0.3, 0.4) is 0 Å². The number of hydrogen-bond donors (Lipinski definition) is 0. The Bertz CT molecular complexity index is 1250. The van der Waals surface area contributed by atoms with Crippen LogP contribution in [0.4, 0.5) is 4.39 Å². The highest BCUT2D eigenvalue weighted by atomic mass is 19.1. The lowest BCUT2D eigenvalue weighted by Gasteiger charge is -2.26. The van der Waals surface area contributed by atoms with Crippen molar-refractivity contribution in [2.75, 3.05) is 7.11 Å². The molecule has 0 saturated heterocycles. The van der Waals surface area contributed by atoms with Gasteiger partial charge in [-0.2, -0.15) is 0 Å². The minimum atomic E-state index is -0.848. The second-order valence-electron chi connectivity index (χ2n) is 8.36. The van der Waals surface area contributed by atoms with Gasteiger partial charge in [0.2, 0.25) is 5.75 Å². The topological polar surface area (TPSA) is 101 Å². The molecule has 3 atom stereocenters. The number of ether oxygens (including phenoxy) is 4. The highest BCUT2D eigenvalue weighted by Gasteiger charge is 2.29. The zero-order valence-electron chi connectivity index (χ0n) is 21.0. The van der Waals surface area contributed by atoms with Crippen LogP contribution in [0, 0.1) is 11.7 Å². The van der Waals surface area contributed by atoms with E-state index in [0.29, 0.717) is 0 Å². The second-order valence-corrected chi connectivity index (χ2v) is 8.36. The fourth-order valence-corrected chi connectivity index (χ4v) is 3.62. The minimum Gasteiger partial charge on any atom is -0.493 e. The fraction of sp³-hybridized carbons (Fsp3) is 0.286. The first kappa shape index (κ1) is 27.3. The van der Waals surface area contributed by atoms with Crippen LogP contribution in [-0.4, -0.2) is 35.9 Å². The van der Waals surface area contributed by atoms with Gasteiger partial charge in [-0.25, -0.2) is 9.37 Å². The van der Waals surface area contributed by atoms with Gasteiger partial charge in [-0.3, -0.25) is 14.4 Å². The van der Waals surface area contributed by atoms with E-state index in [0.717, 1.165) is 5.56 Å². The summed E-state index contributed by atoms with van der Waals surface area (Å²) in [5, 5.41) is 0. The highest BCUT2D eigenvalue weighted by Crippen LogP contribution is 2.32. The summed E-state index contributed by atoms with van der Waals surface area (Å²) in [5.74, 6) is -2.78. The molecule has 0 unspecified atom stereocenters. The fourth-order valence-electron chi connectivity index (χ4n) is 3.62. The van der Waals surface area contributed by atoms with Gasteiger partial charge < -0.3 is 18.9 Å². The minimum absolute atomic E-state index is 0.107. The summed E-state index contributed by atoms with van der Waals surface area (Å²) < 4.78 is 35.7. The maximum Gasteiger partial charge on any atom is 0.309 e. The number of esters is 2. The number of ketones is 1. The summed E-state index contributed by atoms with van der Waals surface area (Å²) >= 11 is 0. The molecule has 0 fully saturated rings. The molecule has 1 aromatic heterocycles. The molecule has 0 spiro atoms. The van der Waals surface area contributed by atoms with Crippen molar-refractivity contribution in [3.05, 3.63) is 83.9 Å². The van der Waals surface area contributed by atoms with Crippen LogP contribution in [-0.2, 0) is 14.3 Å². The Hall–Kier alpha value is -4.27. The van der Waals surface area contributed by atoms with Gasteiger partial charge in [-0.1, -0.05) is 43.3 Å². The van der Waals surface area contributed by atoms with Crippen molar-refractivity contribution in [2.24, 2.45) is 5.92 Å². The van der Waals surface area contributed by atoms with E-state index in [1.807, 2.05) is 30.3 Å². The number of rotatable bonds is 11. The van der Waals surface area contributed by atoms with E-state index in [1.165, 1.54) is 44.5 Å². The number of nitrogens with zero attached hydrogens (tertiary/aromatic N) is 1. The van der Waals surface area contributed by atoms with Gasteiger partial charge >= 0.3 is 11.9 Å². The molecular formula is C28H28FNO7. The Morgan fingerprint density at radius 2 is 1.73 bits per heavy atom. The van der Waals surface area contributed by atoms with Crippen LogP contribution in [0.1, 0.15) is 49.3 Å². The average molecular weight is 510 g/mol. The van der Waals surface area contributed by atoms with Crippen molar-refractivity contribution >= 4 is 17.7 Å². The van der Waals surface area contributed by atoms with Gasteiger partial charge in [-0.15, -0.1) is 0 Å². The van der Waals surface area contributed by atoms with Crippen molar-refractivity contribution in [2.45, 2.75) is 39.4 Å². The van der Waals surface area contributed by atoms with Crippen molar-refractivity contribution in [1.29, 1.82) is 0 Å². The third-order valence-corrected chi connectivity index (χ3v) is 5.41. The lowest BCUT2D eigenvalue weighted by Crippen LogP contribution is -2.30. The third kappa shape index (κ3) is 7.36. The number of hydrogen-bond acceptors (Lipinski definition) is 8. The van der Waals surface area contributed by atoms with Crippen molar-refractivity contribution < 1.29 is 37.7 Å². The van der Waals surface area contributed by atoms with Gasteiger partial charge in [0.15, 0.2) is 23.3 Å². The smallest absolute Gasteiger partial charge is 0.309 e. The number of carbonyl (C=O) groups is 3. The quantitative estimate of drug-likeness (QED) is 0.259. The molecule has 0 bridgehead atoms. The van der Waals surface area contributed by atoms with Gasteiger partial charge in [0, 0.05) is 31.7 Å². The van der Waals surface area contributed by atoms with Crippen LogP contribution in [0.2, 0.25) is 0 Å². The van der Waals surface area contributed by atoms with E-state index >= 15 is 0 Å². The number of benzene rings is 2. The normalized spacial score (nSPS) is 13.1. The molecule has 0 aliphatic heterocycles. The largest absolute Gasteiger partial charge is 0.493 e. The zero-order chi connectivity index (χ0) is 26.9. The molecule has 0 aliphatic rings. The van der Waals surface area contributed by atoms with E-state index in [-0.39, 0.29) is 29.4 Å². The number of pyridine rings is 1. The molecule has 3 rings (SSSR count). The Morgan fingerprint density at radius 1 is 1.00 bits per heavy atom. The Labute approximate surface area is 214 Å². The van der Waals surface area contributed by atoms with Crippen molar-refractivity contribution in [3.8, 4) is 17.2 Å². The summed E-state index contributed by atoms with van der Waals surface area (Å²) in [6.45, 7) is 4.40. The number of carbonyl (C=O) groups excluding carboxylic acids is 3. The van der Waals surface area contributed by atoms with Crippen LogP contribution >= 0.6 is 0 Å². The maximum absolute atomic E-state index is 13.7. The van der Waals surface area contributed by atoms with Gasteiger partial charge in [0.25, 0.3) is 0 Å². The summed E-state index contributed by atoms with van der Waals surface area (Å²) in [7, 11) is 1.37. The van der Waals surface area contributed by atoms with Crippen molar-refractivity contribution in [3.63, 3.8) is 0 Å². The predicted molar refractivity (Wildman–Crippen MR) is 132 cm³/mol. The highest BCUT2D eigenvalue weighted by molar-refractivity contribution is 5.99. The molecule has 194 valence electrons. The molecule has 3 aromatic rings. The Kier molecular flexibility index (Phi) is 9.32. The van der Waals surface area contributed by atoms with E-state index in [2.05, 4.69) is 4.98 Å². The molecule has 0 saturated carbocycles. The molecule has 2 aromatic carbocycles. The van der Waals surface area contributed by atoms with E-state index in [9.17, 15) is 18.8 Å². The summed E-state index contributed by atoms with van der Waals surface area (Å²) in [5.41, 5.74) is 0.598. The number of halogens is 1. The molecule has 0 radical (unpaired) electrons. The maximum atomic E-state index is 13.7. The standard InChI is InChI=1S/C28H28FNO7/c1-17(15-23(32)25-27(36-19(3)31)24(34-4)13-14-30-25)28(33)35-18(2)26(20-9-6-5-7-10-20)37-22-12-8-11-21(29)16-22/h5-14,16-18,26H,15H2,1-4H3/t17-,18+,26+/m1/s1. The van der Waals surface area contributed by atoms with Crippen LogP contribution in [0.25, 0.3) is 0 Å². The monoisotopic (exact) mass is 509 g/mol. The molecule has 0 aliphatic carbocycles. The molecular weight excluding hydrogens is 481 g/mol. The first-order valence-electron chi connectivity index (χ1n) is 11.6. The third-order valence-electron chi connectivity index (χ3n) is 5.41. The second kappa shape index (κ2) is 12.6. The van der Waals surface area contributed by atoms with Crippen molar-refractivity contribution in [1.82, 2.24) is 4.98 Å². The van der Waals surface area contributed by atoms with E-state index < -0.39 is 41.7 Å². The lowest BCUT2D eigenvalue weighted by molar-refractivity contribution is -0.157. The van der Waals surface area contributed by atoms with Gasteiger partial charge in [-0.05, 0) is 24.6 Å². The summed E-state index contributed by atoms with van der Waals surface area (Å²) in [6.07, 6.45) is -0.410. The van der Waals surface area contributed by atoms with Crippen LogP contribution < -0.4 is 14.2 Å². The number of aromatic nitrogens is 1. The molecule has 37 heavy (non-hydrogen) atoms. The Balaban J connectivity index is 1.74. The first-order valence-corrected chi connectivity index (χ1v) is 11.6. The number of methoxy groups -OCH3 is 1. The van der Waals surface area contributed by atoms with Gasteiger partial charge in [0.1, 0.15) is 17.7 Å². The lowest BCUT2D eigenvalue weighted by atomic mass is 10.0. The SMILES string of the molecule is COc1ccnc(C(=O)C[C@@H](C)C(=O)O[C@@H](C)[C@H](Oc2cccc(F)c2)c2ccccc2)c1OC(C)=O. The molecule has 0 amide bonds.